The molecular weight excluding hydrogens is 370 g/mol. The van der Waals surface area contributed by atoms with Crippen LogP contribution >= 0.6 is 17.0 Å². The predicted molar refractivity (Wildman–Crippen MR) is 97.7 cm³/mol. The van der Waals surface area contributed by atoms with Crippen molar-refractivity contribution in [3.05, 3.63) is 71.8 Å². The molecular formula is C18H20BrN3O2. The van der Waals surface area contributed by atoms with Crippen LogP contribution in [-0.4, -0.2) is 40.5 Å². The Kier molecular flexibility index (Phi) is 5.98. The largest absolute Gasteiger partial charge is 0.329 e. The van der Waals surface area contributed by atoms with E-state index in [1.165, 1.54) is 11.9 Å². The quantitative estimate of drug-likeness (QED) is 0.799. The van der Waals surface area contributed by atoms with Crippen LogP contribution in [0.2, 0.25) is 0 Å². The van der Waals surface area contributed by atoms with Gasteiger partial charge in [0.15, 0.2) is 0 Å². The van der Waals surface area contributed by atoms with Gasteiger partial charge in [0.25, 0.3) is 0 Å². The van der Waals surface area contributed by atoms with Gasteiger partial charge in [-0.15, -0.1) is 17.0 Å². The van der Waals surface area contributed by atoms with Crippen molar-refractivity contribution in [2.24, 2.45) is 0 Å². The van der Waals surface area contributed by atoms with Crippen molar-refractivity contribution < 1.29 is 9.59 Å². The van der Waals surface area contributed by atoms with E-state index >= 15 is 0 Å². The highest BCUT2D eigenvalue weighted by Gasteiger charge is 2.34. The summed E-state index contributed by atoms with van der Waals surface area (Å²) in [5.41, 5.74) is 2.09. The van der Waals surface area contributed by atoms with E-state index in [1.54, 1.807) is 9.80 Å². The first kappa shape index (κ1) is 18.0. The molecule has 3 rings (SSSR count). The summed E-state index contributed by atoms with van der Waals surface area (Å²) in [6.07, 6.45) is 0. The molecule has 24 heavy (non-hydrogen) atoms. The maximum atomic E-state index is 12.3. The minimum Gasteiger partial charge on any atom is -0.302 e. The number of nitrogens with zero attached hydrogens (tertiary/aromatic N) is 3. The SMILES string of the molecule is Br.CN1C(=O)N(Cc2ccccc2)CN(Cc2ccccc2)C1=O. The number of benzene rings is 2. The Balaban J connectivity index is 0.00000208. The zero-order valence-electron chi connectivity index (χ0n) is 13.5. The third kappa shape index (κ3) is 3.94. The minimum absolute atomic E-state index is 0. The van der Waals surface area contributed by atoms with E-state index in [0.29, 0.717) is 19.8 Å². The van der Waals surface area contributed by atoms with Gasteiger partial charge in [0, 0.05) is 20.1 Å². The van der Waals surface area contributed by atoms with Crippen molar-refractivity contribution in [2.75, 3.05) is 13.7 Å². The molecule has 0 aliphatic carbocycles. The van der Waals surface area contributed by atoms with Crippen LogP contribution in [-0.2, 0) is 13.1 Å². The van der Waals surface area contributed by atoms with Gasteiger partial charge >= 0.3 is 12.1 Å². The highest BCUT2D eigenvalue weighted by molar-refractivity contribution is 8.93. The molecule has 6 heteroatoms. The molecule has 0 saturated carbocycles. The van der Waals surface area contributed by atoms with E-state index in [1.807, 2.05) is 60.7 Å². The Morgan fingerprint density at radius 1 is 0.750 bits per heavy atom. The summed E-state index contributed by atoms with van der Waals surface area (Å²) >= 11 is 0. The molecule has 0 bridgehead atoms. The third-order valence-electron chi connectivity index (χ3n) is 3.89. The fraction of sp³-hybridized carbons (Fsp3) is 0.222. The van der Waals surface area contributed by atoms with Crippen LogP contribution in [0.25, 0.3) is 0 Å². The molecule has 0 N–H and O–H groups in total. The van der Waals surface area contributed by atoms with Crippen molar-refractivity contribution in [2.45, 2.75) is 13.1 Å². The Hall–Kier alpha value is -2.34. The molecule has 1 aliphatic rings. The van der Waals surface area contributed by atoms with Crippen LogP contribution in [0.1, 0.15) is 11.1 Å². The summed E-state index contributed by atoms with van der Waals surface area (Å²) in [7, 11) is 1.53. The number of amides is 4. The number of rotatable bonds is 4. The zero-order valence-corrected chi connectivity index (χ0v) is 15.2. The standard InChI is InChI=1S/C18H19N3O2.BrH/c1-19-17(22)20(12-15-8-4-2-5-9-15)14-21(18(19)23)13-16-10-6-3-7-11-16;/h2-11H,12-14H2,1H3;1H. The van der Waals surface area contributed by atoms with E-state index in [9.17, 15) is 9.59 Å². The number of urea groups is 2. The highest BCUT2D eigenvalue weighted by atomic mass is 79.9. The number of carbonyl (C=O) groups is 2. The number of carbonyl (C=O) groups excluding carboxylic acids is 2. The van der Waals surface area contributed by atoms with Gasteiger partial charge in [-0.2, -0.15) is 0 Å². The van der Waals surface area contributed by atoms with Crippen LogP contribution in [0.15, 0.2) is 60.7 Å². The van der Waals surface area contributed by atoms with Crippen molar-refractivity contribution in [1.29, 1.82) is 0 Å². The van der Waals surface area contributed by atoms with Gasteiger partial charge in [0.05, 0.1) is 6.67 Å². The summed E-state index contributed by atoms with van der Waals surface area (Å²) in [6.45, 7) is 1.27. The van der Waals surface area contributed by atoms with E-state index in [0.717, 1.165) is 11.1 Å². The summed E-state index contributed by atoms with van der Waals surface area (Å²) in [5, 5.41) is 0. The molecule has 1 aliphatic heterocycles. The van der Waals surface area contributed by atoms with Gasteiger partial charge < -0.3 is 9.80 Å². The normalized spacial score (nSPS) is 14.6. The lowest BCUT2D eigenvalue weighted by Gasteiger charge is -2.39. The molecule has 0 spiro atoms. The maximum absolute atomic E-state index is 12.3. The molecule has 0 aromatic heterocycles. The first-order chi connectivity index (χ1) is 11.1. The van der Waals surface area contributed by atoms with Crippen LogP contribution in [0.5, 0.6) is 0 Å². The molecule has 1 heterocycles. The third-order valence-corrected chi connectivity index (χ3v) is 3.89. The van der Waals surface area contributed by atoms with Gasteiger partial charge in [0.1, 0.15) is 0 Å². The van der Waals surface area contributed by atoms with Gasteiger partial charge in [-0.05, 0) is 11.1 Å². The summed E-state index contributed by atoms with van der Waals surface area (Å²) in [6, 6.07) is 19.1. The van der Waals surface area contributed by atoms with E-state index in [2.05, 4.69) is 0 Å². The molecule has 2 aromatic rings. The second-order valence-electron chi connectivity index (χ2n) is 5.63. The predicted octanol–water partition coefficient (Wildman–Crippen LogP) is 3.71. The number of hydrogen-bond donors (Lipinski definition) is 0. The summed E-state index contributed by atoms with van der Waals surface area (Å²) in [5.74, 6) is 0. The molecule has 126 valence electrons. The van der Waals surface area contributed by atoms with Gasteiger partial charge in [-0.3, -0.25) is 0 Å². The lowest BCUT2D eigenvalue weighted by molar-refractivity contribution is 0.0793. The Bertz CT molecular complexity index is 634. The van der Waals surface area contributed by atoms with Crippen molar-refractivity contribution >= 4 is 29.0 Å². The zero-order chi connectivity index (χ0) is 16.2. The second-order valence-corrected chi connectivity index (χ2v) is 5.63. The smallest absolute Gasteiger partial charge is 0.302 e. The van der Waals surface area contributed by atoms with E-state index in [4.69, 9.17) is 0 Å². The van der Waals surface area contributed by atoms with Gasteiger partial charge in [0.2, 0.25) is 0 Å². The first-order valence-corrected chi connectivity index (χ1v) is 7.54. The lowest BCUT2D eigenvalue weighted by Crippen LogP contribution is -2.58. The van der Waals surface area contributed by atoms with Crippen LogP contribution < -0.4 is 0 Å². The number of halogens is 1. The average Bonchev–Trinajstić information content (AvgIpc) is 2.59. The topological polar surface area (TPSA) is 43.9 Å². The molecule has 1 fully saturated rings. The Morgan fingerprint density at radius 3 is 1.50 bits per heavy atom. The fourth-order valence-electron chi connectivity index (χ4n) is 2.68. The second kappa shape index (κ2) is 7.97. The van der Waals surface area contributed by atoms with E-state index in [-0.39, 0.29) is 29.0 Å². The van der Waals surface area contributed by atoms with Gasteiger partial charge in [-0.1, -0.05) is 60.7 Å². The maximum Gasteiger partial charge on any atom is 0.329 e. The summed E-state index contributed by atoms with van der Waals surface area (Å²) in [4.78, 5) is 29.2. The number of hydrogen-bond acceptors (Lipinski definition) is 2. The van der Waals surface area contributed by atoms with Crippen molar-refractivity contribution in [1.82, 2.24) is 14.7 Å². The molecule has 4 amide bonds. The van der Waals surface area contributed by atoms with Crippen LogP contribution in [0.3, 0.4) is 0 Å². The molecule has 1 saturated heterocycles. The molecule has 0 unspecified atom stereocenters. The van der Waals surface area contributed by atoms with Crippen LogP contribution in [0, 0.1) is 0 Å². The Labute approximate surface area is 152 Å². The molecule has 5 nitrogen and oxygen atoms in total. The van der Waals surface area contributed by atoms with Crippen molar-refractivity contribution in [3.63, 3.8) is 0 Å². The number of imide groups is 1. The monoisotopic (exact) mass is 389 g/mol. The van der Waals surface area contributed by atoms with Gasteiger partial charge in [-0.25, -0.2) is 14.5 Å². The molecule has 0 atom stereocenters. The highest BCUT2D eigenvalue weighted by Crippen LogP contribution is 2.17. The van der Waals surface area contributed by atoms with Crippen molar-refractivity contribution in [3.8, 4) is 0 Å². The molecule has 2 aromatic carbocycles. The average molecular weight is 390 g/mol. The summed E-state index contributed by atoms with van der Waals surface area (Å²) < 4.78 is 0. The lowest BCUT2D eigenvalue weighted by atomic mass is 10.2. The Morgan fingerprint density at radius 2 is 1.12 bits per heavy atom. The fourth-order valence-corrected chi connectivity index (χ4v) is 2.68. The van der Waals surface area contributed by atoms with E-state index < -0.39 is 0 Å². The molecule has 0 radical (unpaired) electrons. The first-order valence-electron chi connectivity index (χ1n) is 7.54. The van der Waals surface area contributed by atoms with Crippen LogP contribution in [0.4, 0.5) is 9.59 Å². The minimum atomic E-state index is -0.261.